The molecular formula is C27H18F5N5O. The van der Waals surface area contributed by atoms with Crippen molar-refractivity contribution in [2.45, 2.75) is 19.5 Å². The molecule has 5 aromatic rings. The highest BCUT2D eigenvalue weighted by Gasteiger charge is 2.31. The maximum atomic E-state index is 15.0. The summed E-state index contributed by atoms with van der Waals surface area (Å²) < 4.78 is 68.5. The van der Waals surface area contributed by atoms with Gasteiger partial charge in [-0.25, -0.2) is 18.7 Å². The maximum absolute atomic E-state index is 15.0. The number of benzene rings is 1. The number of aromatic amines is 1. The fourth-order valence-corrected chi connectivity index (χ4v) is 4.01. The number of carbonyl (C=O) groups excluding carboxylic acids is 1. The van der Waals surface area contributed by atoms with Gasteiger partial charge in [-0.1, -0.05) is 0 Å². The number of carbonyl (C=O) groups is 1. The van der Waals surface area contributed by atoms with E-state index in [1.54, 1.807) is 12.3 Å². The summed E-state index contributed by atoms with van der Waals surface area (Å²) in [5, 5.41) is 2.86. The minimum absolute atomic E-state index is 0.0527. The van der Waals surface area contributed by atoms with Crippen molar-refractivity contribution in [2.24, 2.45) is 0 Å². The van der Waals surface area contributed by atoms with Gasteiger partial charge in [0.2, 0.25) is 5.91 Å². The second-order valence-electron chi connectivity index (χ2n) is 8.61. The van der Waals surface area contributed by atoms with Crippen molar-refractivity contribution in [2.75, 3.05) is 5.32 Å². The minimum atomic E-state index is -4.62. The lowest BCUT2D eigenvalue weighted by Gasteiger charge is -2.10. The molecule has 2 N–H and O–H groups in total. The normalized spacial score (nSPS) is 11.6. The van der Waals surface area contributed by atoms with Crippen LogP contribution >= 0.6 is 0 Å². The second kappa shape index (κ2) is 9.66. The van der Waals surface area contributed by atoms with Crippen LogP contribution in [-0.4, -0.2) is 25.8 Å². The van der Waals surface area contributed by atoms with Gasteiger partial charge in [0, 0.05) is 57.6 Å². The molecule has 0 bridgehead atoms. The average Bonchev–Trinajstić information content (AvgIpc) is 3.29. The largest absolute Gasteiger partial charge is 0.416 e. The van der Waals surface area contributed by atoms with Crippen molar-refractivity contribution in [1.82, 2.24) is 19.9 Å². The summed E-state index contributed by atoms with van der Waals surface area (Å²) in [6.07, 6.45) is -1.24. The molecule has 0 aliphatic heterocycles. The van der Waals surface area contributed by atoms with Gasteiger partial charge in [-0.05, 0) is 55.5 Å². The number of H-pyrrole nitrogens is 1. The van der Waals surface area contributed by atoms with Gasteiger partial charge in [-0.3, -0.25) is 9.78 Å². The molecule has 0 spiro atoms. The first-order chi connectivity index (χ1) is 18.1. The van der Waals surface area contributed by atoms with Crippen LogP contribution in [0.2, 0.25) is 0 Å². The van der Waals surface area contributed by atoms with Crippen molar-refractivity contribution < 1.29 is 26.7 Å². The summed E-state index contributed by atoms with van der Waals surface area (Å²) in [5.74, 6) is -2.84. The van der Waals surface area contributed by atoms with Crippen LogP contribution in [-0.2, 0) is 17.4 Å². The van der Waals surface area contributed by atoms with E-state index in [9.17, 15) is 22.4 Å². The fraction of sp³-hybridized carbons (Fsp3) is 0.111. The van der Waals surface area contributed by atoms with Gasteiger partial charge in [0.15, 0.2) is 0 Å². The number of amides is 1. The zero-order valence-electron chi connectivity index (χ0n) is 19.7. The molecule has 0 unspecified atom stereocenters. The molecule has 4 heterocycles. The van der Waals surface area contributed by atoms with Crippen LogP contribution in [0.3, 0.4) is 0 Å². The highest BCUT2D eigenvalue weighted by atomic mass is 19.4. The fourth-order valence-electron chi connectivity index (χ4n) is 4.01. The van der Waals surface area contributed by atoms with Crippen molar-refractivity contribution in [3.05, 3.63) is 95.6 Å². The number of alkyl halides is 3. The molecule has 11 heteroatoms. The molecular weight excluding hydrogens is 505 g/mol. The average molecular weight is 523 g/mol. The Kier molecular flexibility index (Phi) is 6.35. The smallest absolute Gasteiger partial charge is 0.339 e. The van der Waals surface area contributed by atoms with E-state index < -0.39 is 35.7 Å². The molecule has 0 atom stereocenters. The Bertz CT molecular complexity index is 1680. The van der Waals surface area contributed by atoms with Gasteiger partial charge in [0.1, 0.15) is 23.1 Å². The number of halogens is 5. The number of pyridine rings is 3. The Labute approximate surface area is 212 Å². The number of nitrogens with one attached hydrogen (secondary N) is 2. The third-order valence-corrected chi connectivity index (χ3v) is 5.83. The summed E-state index contributed by atoms with van der Waals surface area (Å²) in [7, 11) is 0. The molecule has 1 aromatic carbocycles. The summed E-state index contributed by atoms with van der Waals surface area (Å²) in [6, 6.07) is 10.5. The molecule has 0 fully saturated rings. The lowest BCUT2D eigenvalue weighted by Crippen LogP contribution is -2.17. The highest BCUT2D eigenvalue weighted by molar-refractivity contribution is 5.91. The van der Waals surface area contributed by atoms with Gasteiger partial charge >= 0.3 is 6.18 Å². The van der Waals surface area contributed by atoms with Crippen molar-refractivity contribution >= 4 is 22.8 Å². The third-order valence-electron chi connectivity index (χ3n) is 5.83. The summed E-state index contributed by atoms with van der Waals surface area (Å²) in [4.78, 5) is 27.7. The van der Waals surface area contributed by atoms with Crippen molar-refractivity contribution in [1.29, 1.82) is 0 Å². The lowest BCUT2D eigenvalue weighted by molar-refractivity contribution is -0.137. The molecule has 192 valence electrons. The molecule has 0 aliphatic carbocycles. The van der Waals surface area contributed by atoms with Gasteiger partial charge in [-0.2, -0.15) is 13.2 Å². The van der Waals surface area contributed by atoms with E-state index in [0.29, 0.717) is 22.7 Å². The van der Waals surface area contributed by atoms with Gasteiger partial charge < -0.3 is 10.3 Å². The summed E-state index contributed by atoms with van der Waals surface area (Å²) in [5.41, 5.74) is 2.11. The number of hydrogen-bond donors (Lipinski definition) is 2. The molecule has 0 radical (unpaired) electrons. The van der Waals surface area contributed by atoms with E-state index in [0.717, 1.165) is 41.3 Å². The van der Waals surface area contributed by atoms with E-state index in [1.165, 1.54) is 6.20 Å². The molecule has 0 saturated carbocycles. The zero-order chi connectivity index (χ0) is 27.0. The second-order valence-corrected chi connectivity index (χ2v) is 8.61. The number of aromatic nitrogens is 4. The van der Waals surface area contributed by atoms with Crippen LogP contribution in [0, 0.1) is 18.6 Å². The van der Waals surface area contributed by atoms with Crippen LogP contribution in [0.5, 0.6) is 0 Å². The van der Waals surface area contributed by atoms with Gasteiger partial charge in [0.05, 0.1) is 12.0 Å². The van der Waals surface area contributed by atoms with E-state index in [2.05, 4.69) is 25.3 Å². The molecule has 4 aromatic heterocycles. The molecule has 0 aliphatic rings. The summed E-state index contributed by atoms with van der Waals surface area (Å²) in [6.45, 7) is 1.87. The molecule has 38 heavy (non-hydrogen) atoms. The Morgan fingerprint density at radius 1 is 0.921 bits per heavy atom. The Hall–Kier alpha value is -4.67. The van der Waals surface area contributed by atoms with Gasteiger partial charge in [0.25, 0.3) is 0 Å². The highest BCUT2D eigenvalue weighted by Crippen LogP contribution is 2.31. The van der Waals surface area contributed by atoms with Crippen LogP contribution in [0.4, 0.5) is 27.8 Å². The van der Waals surface area contributed by atoms with Crippen molar-refractivity contribution in [3.63, 3.8) is 0 Å². The number of rotatable bonds is 5. The topological polar surface area (TPSA) is 83.6 Å². The first-order valence-corrected chi connectivity index (χ1v) is 11.3. The van der Waals surface area contributed by atoms with E-state index >= 15 is 4.39 Å². The summed E-state index contributed by atoms with van der Waals surface area (Å²) >= 11 is 0. The molecule has 5 rings (SSSR count). The lowest BCUT2D eigenvalue weighted by atomic mass is 10.0. The van der Waals surface area contributed by atoms with Crippen LogP contribution < -0.4 is 5.32 Å². The first kappa shape index (κ1) is 25.0. The monoisotopic (exact) mass is 523 g/mol. The number of hydrogen-bond acceptors (Lipinski definition) is 4. The number of aryl methyl sites for hydroxylation is 1. The van der Waals surface area contributed by atoms with E-state index in [4.69, 9.17) is 0 Å². The standard InChI is InChI=1S/C27H18F5N5O/c1-14-6-15(2-4-33-14)23-9-17-7-18(13-35-26(17)36-23)20-12-21(28)16(8-22(20)29)10-25(38)37-24-11-19(3-5-34-24)27(30,31)32/h2-9,11-13H,10H2,1H3,(H,35,36)(H,34,37,38). The minimum Gasteiger partial charge on any atom is -0.339 e. The number of fused-ring (bicyclic) bond motifs is 1. The van der Waals surface area contributed by atoms with Crippen LogP contribution in [0.1, 0.15) is 16.8 Å². The predicted molar refractivity (Wildman–Crippen MR) is 131 cm³/mol. The Morgan fingerprint density at radius 3 is 2.47 bits per heavy atom. The maximum Gasteiger partial charge on any atom is 0.416 e. The Balaban J connectivity index is 1.37. The van der Waals surface area contributed by atoms with Crippen molar-refractivity contribution in [3.8, 4) is 22.4 Å². The first-order valence-electron chi connectivity index (χ1n) is 11.3. The van der Waals surface area contributed by atoms with Gasteiger partial charge in [-0.15, -0.1) is 0 Å². The quantitative estimate of drug-likeness (QED) is 0.259. The van der Waals surface area contributed by atoms with E-state index in [1.807, 2.05) is 25.1 Å². The molecule has 6 nitrogen and oxygen atoms in total. The SMILES string of the molecule is Cc1cc(-c2cc3cc(-c4cc(F)c(CC(=O)Nc5cc(C(F)(F)F)ccn5)cc4F)cnc3[nH]2)ccn1. The number of nitrogens with zero attached hydrogens (tertiary/aromatic N) is 3. The molecule has 1 amide bonds. The zero-order valence-corrected chi connectivity index (χ0v) is 19.7. The van der Waals surface area contributed by atoms with Crippen LogP contribution in [0.25, 0.3) is 33.4 Å². The van der Waals surface area contributed by atoms with E-state index in [-0.39, 0.29) is 16.9 Å². The predicted octanol–water partition coefficient (Wildman–Crippen LogP) is 6.47. The third kappa shape index (κ3) is 5.22. The Morgan fingerprint density at radius 2 is 1.71 bits per heavy atom. The molecule has 0 saturated heterocycles. The number of anilines is 1. The van der Waals surface area contributed by atoms with Crippen LogP contribution in [0.15, 0.2) is 67.1 Å².